The average molecular weight is 344 g/mol. The van der Waals surface area contributed by atoms with Gasteiger partial charge in [0.2, 0.25) is 15.9 Å². The van der Waals surface area contributed by atoms with Crippen molar-refractivity contribution in [2.24, 2.45) is 0 Å². The van der Waals surface area contributed by atoms with Gasteiger partial charge in [-0.15, -0.1) is 0 Å². The maximum absolute atomic E-state index is 12.3. The summed E-state index contributed by atoms with van der Waals surface area (Å²) in [6.45, 7) is 1.95. The third-order valence-corrected chi connectivity index (χ3v) is 5.42. The van der Waals surface area contributed by atoms with E-state index in [1.807, 2.05) is 19.1 Å². The van der Waals surface area contributed by atoms with Crippen LogP contribution in [-0.4, -0.2) is 26.0 Å². The van der Waals surface area contributed by atoms with Crippen molar-refractivity contribution >= 4 is 33.2 Å². The molecule has 1 aliphatic rings. The molecule has 0 saturated carbocycles. The second-order valence-electron chi connectivity index (χ2n) is 5.59. The summed E-state index contributed by atoms with van der Waals surface area (Å²) in [6.07, 6.45) is -0.0396. The number of anilines is 2. The quantitative estimate of drug-likeness (QED) is 0.926. The van der Waals surface area contributed by atoms with Crippen molar-refractivity contribution in [1.82, 2.24) is 0 Å². The van der Waals surface area contributed by atoms with Crippen LogP contribution in [0.15, 0.2) is 48.5 Å². The van der Waals surface area contributed by atoms with Crippen molar-refractivity contribution in [3.05, 3.63) is 59.7 Å². The number of nitrogens with zero attached hydrogens (tertiary/aromatic N) is 1. The summed E-state index contributed by atoms with van der Waals surface area (Å²) in [5.74, 6) is -1.05. The number of hydrogen-bond acceptors (Lipinski definition) is 4. The van der Waals surface area contributed by atoms with Crippen molar-refractivity contribution < 1.29 is 18.0 Å². The predicted molar refractivity (Wildman–Crippen MR) is 91.5 cm³/mol. The van der Waals surface area contributed by atoms with E-state index in [1.165, 1.54) is 12.1 Å². The summed E-state index contributed by atoms with van der Waals surface area (Å²) in [4.78, 5) is 24.2. The highest BCUT2D eigenvalue weighted by Gasteiger charge is 2.36. The highest BCUT2D eigenvalue weighted by molar-refractivity contribution is 7.94. The molecule has 0 bridgehead atoms. The third kappa shape index (κ3) is 3.16. The van der Waals surface area contributed by atoms with Crippen molar-refractivity contribution in [3.8, 4) is 0 Å². The molecule has 0 unspecified atom stereocenters. The van der Waals surface area contributed by atoms with E-state index in [2.05, 4.69) is 5.32 Å². The van der Waals surface area contributed by atoms with Crippen molar-refractivity contribution in [2.45, 2.75) is 13.3 Å². The molecule has 7 heteroatoms. The first-order chi connectivity index (χ1) is 11.4. The first-order valence-electron chi connectivity index (χ1n) is 7.41. The van der Waals surface area contributed by atoms with E-state index in [4.69, 9.17) is 0 Å². The lowest BCUT2D eigenvalue weighted by molar-refractivity contribution is -0.116. The zero-order valence-corrected chi connectivity index (χ0v) is 13.8. The fourth-order valence-corrected chi connectivity index (χ4v) is 3.93. The maximum Gasteiger partial charge on any atom is 0.255 e. The summed E-state index contributed by atoms with van der Waals surface area (Å²) in [7, 11) is -3.64. The maximum atomic E-state index is 12.3. The van der Waals surface area contributed by atoms with E-state index in [9.17, 15) is 18.0 Å². The standard InChI is InChI=1S/C17H16N2O4S/c1-12-5-7-14(8-6-12)18-17(21)13-3-2-4-15(11-13)19-16(20)9-10-24(19,22)23/h2-8,11H,9-10H2,1H3,(H,18,21). The van der Waals surface area contributed by atoms with Crippen LogP contribution in [0, 0.1) is 6.92 Å². The second kappa shape index (κ2) is 6.09. The SMILES string of the molecule is Cc1ccc(NC(=O)c2cccc(N3C(=O)CCS3(=O)=O)c2)cc1. The van der Waals surface area contributed by atoms with E-state index in [1.54, 1.807) is 24.3 Å². The number of benzene rings is 2. The van der Waals surface area contributed by atoms with Gasteiger partial charge in [-0.2, -0.15) is 0 Å². The second-order valence-corrected chi connectivity index (χ2v) is 7.53. The summed E-state index contributed by atoms with van der Waals surface area (Å²) >= 11 is 0. The number of sulfonamides is 1. The van der Waals surface area contributed by atoms with E-state index in [0.29, 0.717) is 5.69 Å². The largest absolute Gasteiger partial charge is 0.322 e. The molecule has 0 radical (unpaired) electrons. The Morgan fingerprint density at radius 3 is 2.46 bits per heavy atom. The average Bonchev–Trinajstić information content (AvgIpc) is 2.83. The van der Waals surface area contributed by atoms with Gasteiger partial charge in [0.05, 0.1) is 11.4 Å². The van der Waals surface area contributed by atoms with Crippen molar-refractivity contribution in [2.75, 3.05) is 15.4 Å². The molecule has 124 valence electrons. The highest BCUT2D eigenvalue weighted by Crippen LogP contribution is 2.26. The number of amides is 2. The van der Waals surface area contributed by atoms with Gasteiger partial charge in [-0.25, -0.2) is 12.7 Å². The minimum atomic E-state index is -3.64. The van der Waals surface area contributed by atoms with E-state index in [0.717, 1.165) is 9.87 Å². The summed E-state index contributed by atoms with van der Waals surface area (Å²) in [6, 6.07) is 13.4. The Morgan fingerprint density at radius 1 is 1.12 bits per heavy atom. The molecule has 0 aromatic heterocycles. The van der Waals surface area contributed by atoms with Crippen LogP contribution >= 0.6 is 0 Å². The molecule has 24 heavy (non-hydrogen) atoms. The lowest BCUT2D eigenvalue weighted by atomic mass is 10.1. The van der Waals surface area contributed by atoms with Gasteiger partial charge in [0.15, 0.2) is 0 Å². The summed E-state index contributed by atoms with van der Waals surface area (Å²) in [5, 5.41) is 2.74. The minimum absolute atomic E-state index is 0.0396. The Balaban J connectivity index is 1.86. The molecule has 1 N–H and O–H groups in total. The summed E-state index contributed by atoms with van der Waals surface area (Å²) < 4.78 is 24.7. The van der Waals surface area contributed by atoms with Crippen LogP contribution in [0.5, 0.6) is 0 Å². The first-order valence-corrected chi connectivity index (χ1v) is 9.02. The molecule has 1 heterocycles. The number of rotatable bonds is 3. The van der Waals surface area contributed by atoms with E-state index < -0.39 is 15.9 Å². The van der Waals surface area contributed by atoms with Gasteiger partial charge in [0.1, 0.15) is 0 Å². The van der Waals surface area contributed by atoms with Gasteiger partial charge in [0, 0.05) is 17.7 Å². The number of nitrogens with one attached hydrogen (secondary N) is 1. The van der Waals surface area contributed by atoms with Crippen LogP contribution in [0.4, 0.5) is 11.4 Å². The Labute approximate surface area is 140 Å². The number of hydrogen-bond donors (Lipinski definition) is 1. The van der Waals surface area contributed by atoms with Gasteiger partial charge in [-0.05, 0) is 37.3 Å². The molecule has 1 fully saturated rings. The third-order valence-electron chi connectivity index (χ3n) is 3.73. The minimum Gasteiger partial charge on any atom is -0.322 e. The Hall–Kier alpha value is -2.67. The summed E-state index contributed by atoms with van der Waals surface area (Å²) in [5.41, 5.74) is 2.19. The Bertz CT molecular complexity index is 904. The van der Waals surface area contributed by atoms with Crippen LogP contribution in [0.3, 0.4) is 0 Å². The van der Waals surface area contributed by atoms with Gasteiger partial charge in [-0.1, -0.05) is 23.8 Å². The van der Waals surface area contributed by atoms with Gasteiger partial charge >= 0.3 is 0 Å². The molecular weight excluding hydrogens is 328 g/mol. The molecule has 0 aliphatic carbocycles. The van der Waals surface area contributed by atoms with Crippen molar-refractivity contribution in [1.29, 1.82) is 0 Å². The molecule has 1 aliphatic heterocycles. The van der Waals surface area contributed by atoms with Gasteiger partial charge < -0.3 is 5.32 Å². The molecule has 3 rings (SSSR count). The Morgan fingerprint density at radius 2 is 1.83 bits per heavy atom. The van der Waals surface area contributed by atoms with E-state index in [-0.39, 0.29) is 29.3 Å². The fourth-order valence-electron chi connectivity index (χ4n) is 2.48. The van der Waals surface area contributed by atoms with Crippen LogP contribution in [0.1, 0.15) is 22.3 Å². The van der Waals surface area contributed by atoms with Crippen molar-refractivity contribution in [3.63, 3.8) is 0 Å². The smallest absolute Gasteiger partial charge is 0.255 e. The molecule has 2 amide bonds. The topological polar surface area (TPSA) is 83.6 Å². The lowest BCUT2D eigenvalue weighted by Crippen LogP contribution is -2.29. The van der Waals surface area contributed by atoms with Gasteiger partial charge in [0.25, 0.3) is 5.91 Å². The first kappa shape index (κ1) is 16.2. The van der Waals surface area contributed by atoms with Crippen LogP contribution in [-0.2, 0) is 14.8 Å². The molecule has 6 nitrogen and oxygen atoms in total. The molecule has 1 saturated heterocycles. The predicted octanol–water partition coefficient (Wildman–Crippen LogP) is 2.31. The van der Waals surface area contributed by atoms with Crippen LogP contribution in [0.2, 0.25) is 0 Å². The number of aryl methyl sites for hydroxylation is 1. The van der Waals surface area contributed by atoms with Crippen LogP contribution < -0.4 is 9.62 Å². The normalized spacial score (nSPS) is 16.2. The fraction of sp³-hybridized carbons (Fsp3) is 0.176. The molecule has 0 atom stereocenters. The van der Waals surface area contributed by atoms with Gasteiger partial charge in [-0.3, -0.25) is 9.59 Å². The molecule has 2 aromatic rings. The van der Waals surface area contributed by atoms with E-state index >= 15 is 0 Å². The monoisotopic (exact) mass is 344 g/mol. The van der Waals surface area contributed by atoms with Crippen LogP contribution in [0.25, 0.3) is 0 Å². The highest BCUT2D eigenvalue weighted by atomic mass is 32.2. The Kier molecular flexibility index (Phi) is 4.11. The number of carbonyl (C=O) groups is 2. The zero-order valence-electron chi connectivity index (χ0n) is 13.0. The molecule has 2 aromatic carbocycles. The molecule has 0 spiro atoms. The lowest BCUT2D eigenvalue weighted by Gasteiger charge is -2.15. The zero-order chi connectivity index (χ0) is 17.3. The number of carbonyl (C=O) groups excluding carboxylic acids is 2. The molecular formula is C17H16N2O4S.